The molecule has 118 valence electrons. The minimum Gasteiger partial charge on any atom is -0.454 e. The summed E-state index contributed by atoms with van der Waals surface area (Å²) in [4.78, 5) is 4.74. The zero-order valence-corrected chi connectivity index (χ0v) is 13.1. The van der Waals surface area contributed by atoms with Crippen LogP contribution in [0.4, 0.5) is 0 Å². The zero-order chi connectivity index (χ0) is 16.0. The highest BCUT2D eigenvalue weighted by atomic mass is 16.7. The Morgan fingerprint density at radius 2 is 2.04 bits per heavy atom. The van der Waals surface area contributed by atoms with Crippen LogP contribution in [0.1, 0.15) is 30.7 Å². The molecule has 5 nitrogen and oxygen atoms in total. The van der Waals surface area contributed by atoms with E-state index >= 15 is 0 Å². The molecule has 2 aromatic heterocycles. The molecule has 1 aliphatic heterocycles. The molecule has 0 amide bonds. The lowest BCUT2D eigenvalue weighted by Gasteiger charge is -2.11. The van der Waals surface area contributed by atoms with E-state index in [2.05, 4.69) is 0 Å². The fourth-order valence-electron chi connectivity index (χ4n) is 2.93. The molecular weight excluding hydrogens is 292 g/mol. The Hall–Kier alpha value is -2.53. The van der Waals surface area contributed by atoms with Gasteiger partial charge < -0.3 is 19.0 Å². The minimum absolute atomic E-state index is 0.244. The number of aryl methyl sites for hydroxylation is 1. The first-order valence-electron chi connectivity index (χ1n) is 7.74. The van der Waals surface area contributed by atoms with E-state index < -0.39 is 6.10 Å². The van der Waals surface area contributed by atoms with Crippen molar-refractivity contribution >= 4 is 5.65 Å². The van der Waals surface area contributed by atoms with Crippen molar-refractivity contribution in [2.45, 2.75) is 26.4 Å². The number of nitrogens with zero attached hydrogens (tertiary/aromatic N) is 2. The highest BCUT2D eigenvalue weighted by Gasteiger charge is 2.22. The number of fused-ring (bicyclic) bond motifs is 2. The average Bonchev–Trinajstić information content (AvgIpc) is 3.16. The molecule has 0 spiro atoms. The van der Waals surface area contributed by atoms with E-state index in [0.29, 0.717) is 12.2 Å². The van der Waals surface area contributed by atoms with E-state index in [1.165, 1.54) is 0 Å². The molecule has 4 rings (SSSR count). The van der Waals surface area contributed by atoms with Crippen molar-refractivity contribution in [1.29, 1.82) is 0 Å². The van der Waals surface area contributed by atoms with E-state index in [4.69, 9.17) is 14.5 Å². The number of aromatic nitrogens is 2. The van der Waals surface area contributed by atoms with Crippen molar-refractivity contribution in [1.82, 2.24) is 9.38 Å². The lowest BCUT2D eigenvalue weighted by atomic mass is 10.1. The molecule has 3 heterocycles. The summed E-state index contributed by atoms with van der Waals surface area (Å²) in [5.41, 5.74) is 4.47. The van der Waals surface area contributed by atoms with E-state index in [1.807, 2.05) is 54.8 Å². The summed E-state index contributed by atoms with van der Waals surface area (Å²) in [7, 11) is 0. The quantitative estimate of drug-likeness (QED) is 0.804. The number of aliphatic hydroxyl groups excluding tert-OH is 1. The third-order valence-electron chi connectivity index (χ3n) is 4.17. The molecule has 5 heteroatoms. The maximum atomic E-state index is 10.5. The molecule has 0 bridgehead atoms. The molecule has 23 heavy (non-hydrogen) atoms. The number of ether oxygens (including phenoxy) is 2. The molecule has 1 aromatic carbocycles. The second kappa shape index (κ2) is 5.28. The first-order chi connectivity index (χ1) is 11.2. The van der Waals surface area contributed by atoms with Crippen molar-refractivity contribution in [2.75, 3.05) is 6.79 Å². The minimum atomic E-state index is -0.576. The molecule has 0 saturated carbocycles. The van der Waals surface area contributed by atoms with E-state index in [9.17, 15) is 5.11 Å². The second-order valence-electron chi connectivity index (χ2n) is 5.77. The predicted octanol–water partition coefficient (Wildman–Crippen LogP) is 3.48. The fraction of sp³-hybridized carbons (Fsp3) is 0.278. The van der Waals surface area contributed by atoms with Gasteiger partial charge >= 0.3 is 0 Å². The maximum absolute atomic E-state index is 10.5. The lowest BCUT2D eigenvalue weighted by molar-refractivity contribution is 0.168. The zero-order valence-electron chi connectivity index (χ0n) is 13.1. The van der Waals surface area contributed by atoms with Crippen LogP contribution in [-0.2, 0) is 0 Å². The van der Waals surface area contributed by atoms with Gasteiger partial charge in [0.25, 0.3) is 0 Å². The first kappa shape index (κ1) is 14.1. The molecule has 0 radical (unpaired) electrons. The molecule has 1 aliphatic rings. The van der Waals surface area contributed by atoms with Crippen LogP contribution in [0, 0.1) is 6.92 Å². The number of hydrogen-bond acceptors (Lipinski definition) is 4. The Morgan fingerprint density at radius 1 is 1.22 bits per heavy atom. The summed E-state index contributed by atoms with van der Waals surface area (Å²) in [6.07, 6.45) is 2.01. The third kappa shape index (κ3) is 2.24. The summed E-state index contributed by atoms with van der Waals surface area (Å²) in [5.74, 6) is 1.46. The van der Waals surface area contributed by atoms with Gasteiger partial charge in [0.1, 0.15) is 5.65 Å². The van der Waals surface area contributed by atoms with Crippen LogP contribution in [0.3, 0.4) is 0 Å². The number of aliphatic hydroxyl groups is 1. The number of hydrogen-bond donors (Lipinski definition) is 1. The Labute approximate surface area is 134 Å². The van der Waals surface area contributed by atoms with Gasteiger partial charge in [-0.25, -0.2) is 4.98 Å². The molecule has 1 unspecified atom stereocenters. The van der Waals surface area contributed by atoms with Crippen LogP contribution in [-0.4, -0.2) is 21.3 Å². The summed E-state index contributed by atoms with van der Waals surface area (Å²) >= 11 is 0. The van der Waals surface area contributed by atoms with Gasteiger partial charge in [0, 0.05) is 11.8 Å². The Balaban J connectivity index is 1.95. The van der Waals surface area contributed by atoms with Crippen LogP contribution >= 0.6 is 0 Å². The Kier molecular flexibility index (Phi) is 3.23. The number of benzene rings is 1. The van der Waals surface area contributed by atoms with E-state index in [1.54, 1.807) is 0 Å². The molecule has 0 fully saturated rings. The summed E-state index contributed by atoms with van der Waals surface area (Å²) in [6.45, 7) is 4.24. The van der Waals surface area contributed by atoms with Crippen LogP contribution in [0.5, 0.6) is 11.5 Å². The van der Waals surface area contributed by atoms with E-state index in [0.717, 1.165) is 33.9 Å². The van der Waals surface area contributed by atoms with Gasteiger partial charge in [-0.1, -0.05) is 6.92 Å². The van der Waals surface area contributed by atoms with Gasteiger partial charge in [0.15, 0.2) is 11.5 Å². The number of rotatable bonds is 3. The van der Waals surface area contributed by atoms with Gasteiger partial charge in [-0.15, -0.1) is 0 Å². The highest BCUT2D eigenvalue weighted by molar-refractivity contribution is 5.70. The summed E-state index contributed by atoms with van der Waals surface area (Å²) < 4.78 is 12.8. The van der Waals surface area contributed by atoms with Crippen molar-refractivity contribution < 1.29 is 14.6 Å². The van der Waals surface area contributed by atoms with Crippen LogP contribution < -0.4 is 9.47 Å². The number of imidazole rings is 1. The molecule has 3 aromatic rings. The maximum Gasteiger partial charge on any atom is 0.231 e. The monoisotopic (exact) mass is 310 g/mol. The topological polar surface area (TPSA) is 56.0 Å². The van der Waals surface area contributed by atoms with Crippen LogP contribution in [0.2, 0.25) is 0 Å². The smallest absolute Gasteiger partial charge is 0.231 e. The molecule has 1 N–H and O–H groups in total. The van der Waals surface area contributed by atoms with E-state index in [-0.39, 0.29) is 6.79 Å². The molecule has 0 saturated heterocycles. The van der Waals surface area contributed by atoms with Gasteiger partial charge in [0.2, 0.25) is 6.79 Å². The normalized spacial score (nSPS) is 14.4. The SMILES string of the molecule is CCC(O)c1c(-c2ccc3c(c2)OCO3)nc2cc(C)ccn12. The predicted molar refractivity (Wildman–Crippen MR) is 86.7 cm³/mol. The van der Waals surface area contributed by atoms with Gasteiger partial charge in [-0.3, -0.25) is 0 Å². The average molecular weight is 310 g/mol. The highest BCUT2D eigenvalue weighted by Crippen LogP contribution is 2.38. The second-order valence-corrected chi connectivity index (χ2v) is 5.77. The first-order valence-corrected chi connectivity index (χ1v) is 7.74. The van der Waals surface area contributed by atoms with Crippen molar-refractivity contribution in [3.63, 3.8) is 0 Å². The lowest BCUT2D eigenvalue weighted by Crippen LogP contribution is -2.02. The van der Waals surface area contributed by atoms with Crippen molar-refractivity contribution in [3.05, 3.63) is 47.8 Å². The standard InChI is InChI=1S/C18H18N2O3/c1-3-13(21)18-17(19-16-8-11(2)6-7-20(16)18)12-4-5-14-15(9-12)23-10-22-14/h4-9,13,21H,3,10H2,1-2H3. The van der Waals surface area contributed by atoms with Crippen molar-refractivity contribution in [3.8, 4) is 22.8 Å². The third-order valence-corrected chi connectivity index (χ3v) is 4.17. The summed E-state index contributed by atoms with van der Waals surface area (Å²) in [5, 5.41) is 10.5. The van der Waals surface area contributed by atoms with Gasteiger partial charge in [-0.05, 0) is 49.2 Å². The largest absolute Gasteiger partial charge is 0.454 e. The molecule has 0 aliphatic carbocycles. The Bertz CT molecular complexity index is 885. The Morgan fingerprint density at radius 3 is 2.87 bits per heavy atom. The van der Waals surface area contributed by atoms with Crippen molar-refractivity contribution in [2.24, 2.45) is 0 Å². The fourth-order valence-corrected chi connectivity index (χ4v) is 2.93. The van der Waals surface area contributed by atoms with Crippen LogP contribution in [0.25, 0.3) is 16.9 Å². The molecule has 1 atom stereocenters. The number of pyridine rings is 1. The summed E-state index contributed by atoms with van der Waals surface area (Å²) in [6, 6.07) is 9.79. The van der Waals surface area contributed by atoms with Crippen LogP contribution in [0.15, 0.2) is 36.5 Å². The van der Waals surface area contributed by atoms with Gasteiger partial charge in [0.05, 0.1) is 17.5 Å². The molecular formula is C18H18N2O3. The van der Waals surface area contributed by atoms with Gasteiger partial charge in [-0.2, -0.15) is 0 Å².